The number of hydrogen-bond acceptors (Lipinski definition) is 2. The highest BCUT2D eigenvalue weighted by atomic mass is 35.5. The molecule has 1 aromatic carbocycles. The van der Waals surface area contributed by atoms with Crippen molar-refractivity contribution in [3.05, 3.63) is 34.9 Å². The fourth-order valence-corrected chi connectivity index (χ4v) is 2.10. The van der Waals surface area contributed by atoms with Gasteiger partial charge in [-0.15, -0.1) is 0 Å². The second-order valence-electron chi connectivity index (χ2n) is 5.30. The summed E-state index contributed by atoms with van der Waals surface area (Å²) in [5.41, 5.74) is 0.409. The Kier molecular flexibility index (Phi) is 4.72. The SMILES string of the molecule is CC(CC(C)(C)CO)C(=O)c1cccc(Cl)c1. The van der Waals surface area contributed by atoms with Crippen molar-refractivity contribution < 1.29 is 9.90 Å². The Hall–Kier alpha value is -0.860. The van der Waals surface area contributed by atoms with Crippen molar-refractivity contribution in [1.29, 1.82) is 0 Å². The third-order valence-corrected chi connectivity index (χ3v) is 3.08. The van der Waals surface area contributed by atoms with Crippen molar-refractivity contribution >= 4 is 17.4 Å². The van der Waals surface area contributed by atoms with Crippen LogP contribution in [0.4, 0.5) is 0 Å². The normalized spacial score (nSPS) is 13.5. The molecule has 1 N–H and O–H groups in total. The van der Waals surface area contributed by atoms with Gasteiger partial charge >= 0.3 is 0 Å². The van der Waals surface area contributed by atoms with Gasteiger partial charge in [0, 0.05) is 23.1 Å². The van der Waals surface area contributed by atoms with Crippen molar-refractivity contribution in [2.45, 2.75) is 27.2 Å². The summed E-state index contributed by atoms with van der Waals surface area (Å²) in [6.45, 7) is 5.88. The van der Waals surface area contributed by atoms with E-state index in [1.165, 1.54) is 0 Å². The summed E-state index contributed by atoms with van der Waals surface area (Å²) in [7, 11) is 0. The van der Waals surface area contributed by atoms with Gasteiger partial charge in [-0.25, -0.2) is 0 Å². The average molecular weight is 255 g/mol. The fraction of sp³-hybridized carbons (Fsp3) is 0.500. The molecule has 0 heterocycles. The first kappa shape index (κ1) is 14.2. The van der Waals surface area contributed by atoms with E-state index in [9.17, 15) is 9.90 Å². The van der Waals surface area contributed by atoms with Gasteiger partial charge in [-0.3, -0.25) is 4.79 Å². The van der Waals surface area contributed by atoms with E-state index in [-0.39, 0.29) is 23.7 Å². The molecule has 0 radical (unpaired) electrons. The highest BCUT2D eigenvalue weighted by molar-refractivity contribution is 6.31. The van der Waals surface area contributed by atoms with Gasteiger partial charge in [-0.1, -0.05) is 44.5 Å². The van der Waals surface area contributed by atoms with Crippen molar-refractivity contribution in [2.24, 2.45) is 11.3 Å². The molecule has 0 saturated heterocycles. The standard InChI is InChI=1S/C14H19ClO2/c1-10(8-14(2,3)9-16)13(17)11-5-4-6-12(15)7-11/h4-7,10,16H,8-9H2,1-3H3. The second-order valence-corrected chi connectivity index (χ2v) is 5.74. The van der Waals surface area contributed by atoms with Gasteiger partial charge in [-0.2, -0.15) is 0 Å². The van der Waals surface area contributed by atoms with Gasteiger partial charge in [0.25, 0.3) is 0 Å². The molecule has 0 fully saturated rings. The molecule has 3 heteroatoms. The lowest BCUT2D eigenvalue weighted by molar-refractivity contribution is 0.0838. The van der Waals surface area contributed by atoms with Crippen molar-refractivity contribution in [3.8, 4) is 0 Å². The molecule has 0 bridgehead atoms. The number of halogens is 1. The average Bonchev–Trinajstić information content (AvgIpc) is 2.27. The van der Waals surface area contributed by atoms with Crippen LogP contribution in [0.5, 0.6) is 0 Å². The van der Waals surface area contributed by atoms with Gasteiger partial charge in [0.15, 0.2) is 5.78 Å². The molecule has 0 spiro atoms. The smallest absolute Gasteiger partial charge is 0.165 e. The first-order chi connectivity index (χ1) is 7.85. The van der Waals surface area contributed by atoms with E-state index in [0.29, 0.717) is 17.0 Å². The second kappa shape index (κ2) is 5.65. The molecule has 0 aromatic heterocycles. The van der Waals surface area contributed by atoms with Crippen LogP contribution < -0.4 is 0 Å². The van der Waals surface area contributed by atoms with E-state index in [1.54, 1.807) is 24.3 Å². The van der Waals surface area contributed by atoms with Gasteiger partial charge < -0.3 is 5.11 Å². The number of hydrogen-bond donors (Lipinski definition) is 1. The number of rotatable bonds is 5. The van der Waals surface area contributed by atoms with E-state index in [1.807, 2.05) is 20.8 Å². The lowest BCUT2D eigenvalue weighted by Gasteiger charge is -2.25. The summed E-state index contributed by atoms with van der Waals surface area (Å²) in [5.74, 6) is -0.0374. The van der Waals surface area contributed by atoms with E-state index in [4.69, 9.17) is 11.6 Å². The Morgan fingerprint density at radius 2 is 2.12 bits per heavy atom. The van der Waals surface area contributed by atoms with Gasteiger partial charge in [0.2, 0.25) is 0 Å². The van der Waals surface area contributed by atoms with E-state index < -0.39 is 0 Å². The monoisotopic (exact) mass is 254 g/mol. The summed E-state index contributed by atoms with van der Waals surface area (Å²) in [4.78, 5) is 12.2. The molecule has 94 valence electrons. The van der Waals surface area contributed by atoms with Gasteiger partial charge in [0.1, 0.15) is 0 Å². The minimum absolute atomic E-state index is 0.0778. The number of benzene rings is 1. The zero-order valence-corrected chi connectivity index (χ0v) is 11.3. The Balaban J connectivity index is 2.77. The lowest BCUT2D eigenvalue weighted by Crippen LogP contribution is -2.24. The van der Waals surface area contributed by atoms with E-state index in [0.717, 1.165) is 0 Å². The van der Waals surface area contributed by atoms with Crippen LogP contribution in [0.1, 0.15) is 37.6 Å². The maximum Gasteiger partial charge on any atom is 0.165 e. The number of carbonyl (C=O) groups excluding carboxylic acids is 1. The van der Waals surface area contributed by atoms with Crippen LogP contribution in [0, 0.1) is 11.3 Å². The third-order valence-electron chi connectivity index (χ3n) is 2.84. The predicted molar refractivity (Wildman–Crippen MR) is 70.4 cm³/mol. The number of ketones is 1. The molecular formula is C14H19ClO2. The van der Waals surface area contributed by atoms with Crippen molar-refractivity contribution in [2.75, 3.05) is 6.61 Å². The van der Waals surface area contributed by atoms with E-state index >= 15 is 0 Å². The Morgan fingerprint density at radius 1 is 1.47 bits per heavy atom. The molecule has 1 aromatic rings. The summed E-state index contributed by atoms with van der Waals surface area (Å²) in [5, 5.41) is 9.78. The van der Waals surface area contributed by atoms with Crippen LogP contribution in [-0.2, 0) is 0 Å². The number of aliphatic hydroxyl groups excluding tert-OH is 1. The van der Waals surface area contributed by atoms with Crippen molar-refractivity contribution in [3.63, 3.8) is 0 Å². The first-order valence-electron chi connectivity index (χ1n) is 5.76. The van der Waals surface area contributed by atoms with Crippen LogP contribution in [0.3, 0.4) is 0 Å². The summed E-state index contributed by atoms with van der Waals surface area (Å²) in [6.07, 6.45) is 0.662. The molecule has 0 aliphatic heterocycles. The topological polar surface area (TPSA) is 37.3 Å². The molecule has 17 heavy (non-hydrogen) atoms. The molecule has 0 aliphatic carbocycles. The zero-order chi connectivity index (χ0) is 13.1. The lowest BCUT2D eigenvalue weighted by atomic mass is 9.81. The minimum atomic E-state index is -0.229. The van der Waals surface area contributed by atoms with Crippen LogP contribution >= 0.6 is 11.6 Å². The Labute approximate surface area is 108 Å². The summed E-state index contributed by atoms with van der Waals surface area (Å²) in [6, 6.07) is 6.99. The van der Waals surface area contributed by atoms with Crippen LogP contribution in [0.25, 0.3) is 0 Å². The fourth-order valence-electron chi connectivity index (χ4n) is 1.91. The van der Waals surface area contributed by atoms with Gasteiger partial charge in [-0.05, 0) is 24.0 Å². The predicted octanol–water partition coefficient (Wildman–Crippen LogP) is 3.57. The van der Waals surface area contributed by atoms with E-state index in [2.05, 4.69) is 0 Å². The summed E-state index contributed by atoms with van der Waals surface area (Å²) < 4.78 is 0. The quantitative estimate of drug-likeness (QED) is 0.816. The minimum Gasteiger partial charge on any atom is -0.396 e. The Bertz CT molecular complexity index is 399. The molecular weight excluding hydrogens is 236 g/mol. The number of aliphatic hydroxyl groups is 1. The maximum atomic E-state index is 12.2. The van der Waals surface area contributed by atoms with Gasteiger partial charge in [0.05, 0.1) is 0 Å². The summed E-state index contributed by atoms with van der Waals surface area (Å²) >= 11 is 5.86. The molecule has 1 atom stereocenters. The van der Waals surface area contributed by atoms with Crippen LogP contribution in [0.15, 0.2) is 24.3 Å². The molecule has 2 nitrogen and oxygen atoms in total. The molecule has 0 saturated carbocycles. The largest absolute Gasteiger partial charge is 0.396 e. The first-order valence-corrected chi connectivity index (χ1v) is 6.14. The molecule has 1 rings (SSSR count). The van der Waals surface area contributed by atoms with Crippen LogP contribution in [-0.4, -0.2) is 17.5 Å². The number of carbonyl (C=O) groups is 1. The third kappa shape index (κ3) is 4.14. The molecule has 0 aliphatic rings. The van der Waals surface area contributed by atoms with Crippen LogP contribution in [0.2, 0.25) is 5.02 Å². The Morgan fingerprint density at radius 3 is 2.65 bits per heavy atom. The maximum absolute atomic E-state index is 12.2. The molecule has 1 unspecified atom stereocenters. The zero-order valence-electron chi connectivity index (χ0n) is 10.5. The highest BCUT2D eigenvalue weighted by Crippen LogP contribution is 2.27. The molecule has 0 amide bonds. The number of Topliss-reactive ketones (excluding diaryl/α,β-unsaturated/α-hetero) is 1. The van der Waals surface area contributed by atoms with Crippen molar-refractivity contribution in [1.82, 2.24) is 0 Å². The highest BCUT2D eigenvalue weighted by Gasteiger charge is 2.24.